The SMILES string of the molecule is C[C@@H](Cn1cncn1)NC1CCN(Cc2cccc(O)c2)CC1. The molecule has 1 saturated heterocycles. The van der Waals surface area contributed by atoms with Crippen LogP contribution in [0.2, 0.25) is 0 Å². The number of phenolic OH excluding ortho intramolecular Hbond substituents is 1. The van der Waals surface area contributed by atoms with Crippen molar-refractivity contribution in [2.75, 3.05) is 13.1 Å². The normalized spacial score (nSPS) is 18.1. The topological polar surface area (TPSA) is 66.2 Å². The fourth-order valence-electron chi connectivity index (χ4n) is 3.23. The van der Waals surface area contributed by atoms with E-state index >= 15 is 0 Å². The predicted octanol–water partition coefficient (Wildman–Crippen LogP) is 1.63. The Hall–Kier alpha value is -1.92. The maximum absolute atomic E-state index is 9.55. The maximum Gasteiger partial charge on any atom is 0.137 e. The van der Waals surface area contributed by atoms with E-state index in [1.807, 2.05) is 16.8 Å². The molecule has 0 saturated carbocycles. The Kier molecular flexibility index (Phi) is 5.25. The zero-order valence-electron chi connectivity index (χ0n) is 13.6. The second-order valence-corrected chi connectivity index (χ2v) is 6.41. The summed E-state index contributed by atoms with van der Waals surface area (Å²) >= 11 is 0. The molecule has 0 unspecified atom stereocenters. The van der Waals surface area contributed by atoms with Gasteiger partial charge in [0.15, 0.2) is 0 Å². The summed E-state index contributed by atoms with van der Waals surface area (Å²) in [6.45, 7) is 6.13. The van der Waals surface area contributed by atoms with E-state index in [0.29, 0.717) is 17.8 Å². The minimum absolute atomic E-state index is 0.348. The summed E-state index contributed by atoms with van der Waals surface area (Å²) in [6.07, 6.45) is 5.64. The van der Waals surface area contributed by atoms with Crippen LogP contribution in [0.5, 0.6) is 5.75 Å². The van der Waals surface area contributed by atoms with Crippen molar-refractivity contribution in [1.29, 1.82) is 0 Å². The summed E-state index contributed by atoms with van der Waals surface area (Å²) in [5.41, 5.74) is 1.18. The molecule has 2 N–H and O–H groups in total. The largest absolute Gasteiger partial charge is 0.508 e. The molecular weight excluding hydrogens is 290 g/mol. The van der Waals surface area contributed by atoms with Gasteiger partial charge in [-0.1, -0.05) is 12.1 Å². The van der Waals surface area contributed by atoms with Gasteiger partial charge < -0.3 is 10.4 Å². The van der Waals surface area contributed by atoms with E-state index < -0.39 is 0 Å². The van der Waals surface area contributed by atoms with Gasteiger partial charge in [-0.25, -0.2) is 4.98 Å². The quantitative estimate of drug-likeness (QED) is 0.848. The highest BCUT2D eigenvalue weighted by Crippen LogP contribution is 2.17. The Labute approximate surface area is 137 Å². The molecule has 1 aliphatic heterocycles. The van der Waals surface area contributed by atoms with Crippen molar-refractivity contribution in [1.82, 2.24) is 25.0 Å². The van der Waals surface area contributed by atoms with Crippen molar-refractivity contribution < 1.29 is 5.11 Å². The molecule has 2 aromatic rings. The molecule has 1 atom stereocenters. The Morgan fingerprint density at radius 2 is 2.17 bits per heavy atom. The van der Waals surface area contributed by atoms with Gasteiger partial charge in [0, 0.05) is 18.6 Å². The fourth-order valence-corrected chi connectivity index (χ4v) is 3.23. The molecule has 1 aromatic carbocycles. The first-order valence-electron chi connectivity index (χ1n) is 8.28. The minimum atomic E-state index is 0.348. The Balaban J connectivity index is 1.41. The van der Waals surface area contributed by atoms with Gasteiger partial charge in [-0.05, 0) is 50.6 Å². The van der Waals surface area contributed by atoms with Gasteiger partial charge in [0.05, 0.1) is 6.54 Å². The van der Waals surface area contributed by atoms with Gasteiger partial charge in [0.2, 0.25) is 0 Å². The number of piperidine rings is 1. The van der Waals surface area contributed by atoms with Gasteiger partial charge in [0.1, 0.15) is 18.4 Å². The molecule has 124 valence electrons. The zero-order chi connectivity index (χ0) is 16.1. The molecule has 1 aliphatic rings. The van der Waals surface area contributed by atoms with Crippen molar-refractivity contribution >= 4 is 0 Å². The Morgan fingerprint density at radius 3 is 2.87 bits per heavy atom. The van der Waals surface area contributed by atoms with Crippen molar-refractivity contribution in [2.24, 2.45) is 0 Å². The van der Waals surface area contributed by atoms with E-state index in [0.717, 1.165) is 39.0 Å². The van der Waals surface area contributed by atoms with Crippen LogP contribution in [0.25, 0.3) is 0 Å². The lowest BCUT2D eigenvalue weighted by Crippen LogP contribution is -2.46. The number of aromatic hydroxyl groups is 1. The summed E-state index contributed by atoms with van der Waals surface area (Å²) in [5.74, 6) is 0.348. The number of hydrogen-bond donors (Lipinski definition) is 2. The molecule has 0 radical (unpaired) electrons. The lowest BCUT2D eigenvalue weighted by atomic mass is 10.0. The molecule has 0 aliphatic carbocycles. The second-order valence-electron chi connectivity index (χ2n) is 6.41. The minimum Gasteiger partial charge on any atom is -0.508 e. The van der Waals surface area contributed by atoms with Crippen LogP contribution in [0.3, 0.4) is 0 Å². The van der Waals surface area contributed by atoms with Gasteiger partial charge in [-0.15, -0.1) is 0 Å². The number of rotatable bonds is 6. The van der Waals surface area contributed by atoms with Crippen LogP contribution in [0.4, 0.5) is 0 Å². The second kappa shape index (κ2) is 7.57. The molecule has 6 heteroatoms. The van der Waals surface area contributed by atoms with Gasteiger partial charge in [-0.2, -0.15) is 5.10 Å². The standard InChI is InChI=1S/C17H25N5O/c1-14(10-22-13-18-12-19-22)20-16-5-7-21(8-6-16)11-15-3-2-4-17(23)9-15/h2-4,9,12-14,16,20,23H,5-8,10-11H2,1H3/t14-/m0/s1. The summed E-state index contributed by atoms with van der Waals surface area (Å²) in [5, 5.41) is 17.4. The molecule has 3 rings (SSSR count). The van der Waals surface area contributed by atoms with Crippen molar-refractivity contribution in [3.8, 4) is 5.75 Å². The van der Waals surface area contributed by atoms with Crippen LogP contribution in [0.1, 0.15) is 25.3 Å². The van der Waals surface area contributed by atoms with Crippen LogP contribution >= 0.6 is 0 Å². The number of nitrogens with zero attached hydrogens (tertiary/aromatic N) is 4. The number of likely N-dealkylation sites (tertiary alicyclic amines) is 1. The van der Waals surface area contributed by atoms with Gasteiger partial charge in [0.25, 0.3) is 0 Å². The van der Waals surface area contributed by atoms with Gasteiger partial charge >= 0.3 is 0 Å². The third-order valence-corrected chi connectivity index (χ3v) is 4.35. The molecule has 23 heavy (non-hydrogen) atoms. The van der Waals surface area contributed by atoms with E-state index in [-0.39, 0.29) is 0 Å². The lowest BCUT2D eigenvalue weighted by Gasteiger charge is -2.34. The third kappa shape index (κ3) is 4.77. The van der Waals surface area contributed by atoms with Gasteiger partial charge in [-0.3, -0.25) is 9.58 Å². The molecular formula is C17H25N5O. The monoisotopic (exact) mass is 315 g/mol. The lowest BCUT2D eigenvalue weighted by molar-refractivity contribution is 0.182. The zero-order valence-corrected chi connectivity index (χ0v) is 13.6. The molecule has 0 amide bonds. The maximum atomic E-state index is 9.55. The van der Waals surface area contributed by atoms with E-state index in [2.05, 4.69) is 33.3 Å². The average Bonchev–Trinajstić information content (AvgIpc) is 3.02. The third-order valence-electron chi connectivity index (χ3n) is 4.35. The highest BCUT2D eigenvalue weighted by molar-refractivity contribution is 5.27. The van der Waals surface area contributed by atoms with Crippen LogP contribution in [-0.2, 0) is 13.1 Å². The molecule has 0 spiro atoms. The van der Waals surface area contributed by atoms with Crippen LogP contribution < -0.4 is 5.32 Å². The van der Waals surface area contributed by atoms with E-state index in [4.69, 9.17) is 0 Å². The highest BCUT2D eigenvalue weighted by atomic mass is 16.3. The summed E-state index contributed by atoms with van der Waals surface area (Å²) in [6, 6.07) is 8.50. The van der Waals surface area contributed by atoms with Crippen LogP contribution in [0.15, 0.2) is 36.9 Å². The molecule has 2 heterocycles. The number of nitrogens with one attached hydrogen (secondary N) is 1. The van der Waals surface area contributed by atoms with Crippen LogP contribution in [-0.4, -0.2) is 49.9 Å². The van der Waals surface area contributed by atoms with Crippen molar-refractivity contribution in [2.45, 2.75) is 44.9 Å². The first kappa shape index (κ1) is 16.0. The number of aromatic nitrogens is 3. The first-order valence-corrected chi connectivity index (χ1v) is 8.28. The molecule has 1 fully saturated rings. The number of phenols is 1. The Morgan fingerprint density at radius 1 is 1.35 bits per heavy atom. The average molecular weight is 315 g/mol. The van der Waals surface area contributed by atoms with Crippen molar-refractivity contribution in [3.05, 3.63) is 42.5 Å². The highest BCUT2D eigenvalue weighted by Gasteiger charge is 2.20. The van der Waals surface area contributed by atoms with E-state index in [1.165, 1.54) is 5.56 Å². The number of benzene rings is 1. The summed E-state index contributed by atoms with van der Waals surface area (Å²) < 4.78 is 1.87. The van der Waals surface area contributed by atoms with E-state index in [1.54, 1.807) is 18.7 Å². The van der Waals surface area contributed by atoms with Crippen LogP contribution in [0, 0.1) is 0 Å². The number of hydrogen-bond acceptors (Lipinski definition) is 5. The first-order chi connectivity index (χ1) is 11.2. The van der Waals surface area contributed by atoms with Crippen molar-refractivity contribution in [3.63, 3.8) is 0 Å². The van der Waals surface area contributed by atoms with E-state index in [9.17, 15) is 5.11 Å². The molecule has 1 aromatic heterocycles. The summed E-state index contributed by atoms with van der Waals surface area (Å²) in [4.78, 5) is 6.43. The fraction of sp³-hybridized carbons (Fsp3) is 0.529. The summed E-state index contributed by atoms with van der Waals surface area (Å²) in [7, 11) is 0. The molecule has 6 nitrogen and oxygen atoms in total. The smallest absolute Gasteiger partial charge is 0.137 e. The Bertz CT molecular complexity index is 593. The predicted molar refractivity (Wildman–Crippen MR) is 89.0 cm³/mol. The molecule has 0 bridgehead atoms.